The summed E-state index contributed by atoms with van der Waals surface area (Å²) < 4.78 is 4.67. The van der Waals surface area contributed by atoms with Gasteiger partial charge in [0.1, 0.15) is 0 Å². The molecule has 3 heterocycles. The highest BCUT2D eigenvalue weighted by molar-refractivity contribution is 6.35. The van der Waals surface area contributed by atoms with Crippen molar-refractivity contribution in [2.45, 2.75) is 71.6 Å². The van der Waals surface area contributed by atoms with Crippen LogP contribution in [0.5, 0.6) is 0 Å². The topological polar surface area (TPSA) is 156 Å². The summed E-state index contributed by atoms with van der Waals surface area (Å²) >= 11 is 24.6. The number of carbonyl (C=O) groups excluding carboxylic acids is 3. The zero-order chi connectivity index (χ0) is 45.6. The Bertz CT molecular complexity index is 2620. The smallest absolute Gasteiger partial charge is 0.288 e. The maximum atomic E-state index is 13.4. The van der Waals surface area contributed by atoms with Crippen LogP contribution >= 0.6 is 46.4 Å². The number of carbonyl (C=O) groups is 3. The lowest BCUT2D eigenvalue weighted by Gasteiger charge is -2.22. The van der Waals surface area contributed by atoms with Gasteiger partial charge in [-0.25, -0.2) is 0 Å². The number of amides is 3. The number of halogens is 4. The molecule has 7 rings (SSSR count). The molecule has 326 valence electrons. The number of hydrogen-bond acceptors (Lipinski definition) is 10. The minimum atomic E-state index is -0.709. The molecule has 2 atom stereocenters. The van der Waals surface area contributed by atoms with E-state index in [4.69, 9.17) is 61.5 Å². The van der Waals surface area contributed by atoms with Gasteiger partial charge in [-0.3, -0.25) is 35.0 Å². The van der Waals surface area contributed by atoms with Gasteiger partial charge in [0.25, 0.3) is 17.8 Å². The van der Waals surface area contributed by atoms with Gasteiger partial charge in [-0.2, -0.15) is 0 Å². The average Bonchev–Trinajstić information content (AvgIpc) is 3.86. The molecule has 16 heteroatoms. The number of benzene rings is 4. The monoisotopic (exact) mass is 928 g/mol. The van der Waals surface area contributed by atoms with Crippen LogP contribution in [0.1, 0.15) is 99.8 Å². The zero-order valence-corrected chi connectivity index (χ0v) is 38.3. The van der Waals surface area contributed by atoms with Gasteiger partial charge in [0.15, 0.2) is 11.2 Å². The Kier molecular flexibility index (Phi) is 14.6. The predicted octanol–water partition coefficient (Wildman–Crippen LogP) is 11.0. The summed E-state index contributed by atoms with van der Waals surface area (Å²) in [6.07, 6.45) is 2.90. The number of pyridine rings is 1. The molecule has 0 saturated carbocycles. The van der Waals surface area contributed by atoms with Crippen LogP contribution in [0.15, 0.2) is 108 Å². The summed E-state index contributed by atoms with van der Waals surface area (Å²) in [5.74, 6) is -1.01. The number of methoxy groups -OCH3 is 1. The van der Waals surface area contributed by atoms with E-state index in [-0.39, 0.29) is 30.8 Å². The normalized spacial score (nSPS) is 17.6. The largest absolute Gasteiger partial charge is 0.468 e. The van der Waals surface area contributed by atoms with Crippen molar-refractivity contribution in [3.63, 3.8) is 0 Å². The van der Waals surface area contributed by atoms with Crippen LogP contribution in [0.25, 0.3) is 0 Å². The summed E-state index contributed by atoms with van der Waals surface area (Å²) in [6.45, 7) is 9.38. The molecule has 12 nitrogen and oxygen atoms in total. The van der Waals surface area contributed by atoms with E-state index in [9.17, 15) is 14.4 Å². The molecule has 0 aliphatic carbocycles. The van der Waals surface area contributed by atoms with E-state index >= 15 is 0 Å². The molecular weight excluding hydrogens is 886 g/mol. The van der Waals surface area contributed by atoms with E-state index < -0.39 is 17.1 Å². The van der Waals surface area contributed by atoms with Crippen molar-refractivity contribution in [2.24, 2.45) is 10.3 Å². The number of ether oxygens (including phenoxy) is 1. The number of imide groups is 1. The molecule has 2 aliphatic rings. The maximum Gasteiger partial charge on any atom is 0.288 e. The van der Waals surface area contributed by atoms with Crippen molar-refractivity contribution < 1.29 is 28.8 Å². The van der Waals surface area contributed by atoms with Crippen LogP contribution in [0.4, 0.5) is 0 Å². The van der Waals surface area contributed by atoms with E-state index in [0.717, 1.165) is 44.8 Å². The number of amidine groups is 1. The third-order valence-corrected chi connectivity index (χ3v) is 11.5. The number of hydrogen-bond donors (Lipinski definition) is 2. The molecule has 2 unspecified atom stereocenters. The van der Waals surface area contributed by atoms with Crippen molar-refractivity contribution in [3.8, 4) is 0 Å². The van der Waals surface area contributed by atoms with Crippen LogP contribution in [-0.2, 0) is 37.0 Å². The van der Waals surface area contributed by atoms with Crippen LogP contribution in [0.3, 0.4) is 0 Å². The first-order chi connectivity index (χ1) is 29.9. The van der Waals surface area contributed by atoms with Crippen molar-refractivity contribution in [2.75, 3.05) is 7.11 Å². The fourth-order valence-corrected chi connectivity index (χ4v) is 8.13. The third-order valence-electron chi connectivity index (χ3n) is 10.6. The highest BCUT2D eigenvalue weighted by Gasteiger charge is 2.39. The van der Waals surface area contributed by atoms with E-state index in [0.29, 0.717) is 49.8 Å². The third kappa shape index (κ3) is 11.1. The van der Waals surface area contributed by atoms with Crippen LogP contribution in [0, 0.1) is 19.3 Å². The lowest BCUT2D eigenvalue weighted by molar-refractivity contribution is -0.128. The Morgan fingerprint density at radius 2 is 1.24 bits per heavy atom. The summed E-state index contributed by atoms with van der Waals surface area (Å²) in [4.78, 5) is 55.2. The lowest BCUT2D eigenvalue weighted by atomic mass is 9.88. The molecule has 63 heavy (non-hydrogen) atoms. The van der Waals surface area contributed by atoms with Crippen molar-refractivity contribution in [3.05, 3.63) is 167 Å². The van der Waals surface area contributed by atoms with Gasteiger partial charge in [0.05, 0.1) is 30.8 Å². The fraction of sp³-hybridized carbons (Fsp3) is 0.255. The second kappa shape index (κ2) is 19.7. The van der Waals surface area contributed by atoms with Gasteiger partial charge in [-0.05, 0) is 123 Å². The van der Waals surface area contributed by atoms with Crippen molar-refractivity contribution in [1.29, 1.82) is 5.41 Å². The second-order valence-electron chi connectivity index (χ2n) is 15.4. The standard InChI is InChI=1S/C27H25Cl2N3O3.C20H19Cl2N3O3/c1-4-25(33)32(16-22-7-5-6-10-30-22)26(34)23-9-8-18(11-17(23)2)24-15-27(3,35-31-24)19-12-20(28)14-21(29)13-19;1-11-6-12(4-5-16(11)18(26)24-19(23)27-3)17-10-20(2,28-25-17)13-7-14(21)9-15(22)8-13/h5-14H,4,15-16H2,1-3H3;4-9H,10H2,1-3H3,(H2,23,24,26). The number of oxime groups is 2. The number of aryl methyl sites for hydroxylation is 2. The van der Waals surface area contributed by atoms with Gasteiger partial charge in [0.2, 0.25) is 5.91 Å². The predicted molar refractivity (Wildman–Crippen MR) is 246 cm³/mol. The lowest BCUT2D eigenvalue weighted by Crippen LogP contribution is -2.36. The SMILES string of the molecule is CCC(=O)N(Cc1ccccn1)C(=O)c1ccc(C2=NOC(C)(c3cc(Cl)cc(Cl)c3)C2)cc1C.COC(=N)NC(=O)c1ccc(C2=NOC(C)(c3cc(Cl)cc(Cl)c3)C2)cc1C. The molecular formula is C47H44Cl4N6O6. The molecule has 2 aliphatic heterocycles. The molecule has 0 bridgehead atoms. The quantitative estimate of drug-likeness (QED) is 0.110. The zero-order valence-electron chi connectivity index (χ0n) is 35.3. The fourth-order valence-electron chi connectivity index (χ4n) is 7.08. The first kappa shape index (κ1) is 46.7. The highest BCUT2D eigenvalue weighted by atomic mass is 35.5. The Labute approximate surface area is 385 Å². The van der Waals surface area contributed by atoms with Crippen LogP contribution < -0.4 is 5.32 Å². The summed E-state index contributed by atoms with van der Waals surface area (Å²) in [6, 6.07) is 26.5. The highest BCUT2D eigenvalue weighted by Crippen LogP contribution is 2.40. The number of nitrogens with one attached hydrogen (secondary N) is 2. The van der Waals surface area contributed by atoms with Gasteiger partial charge in [-0.1, -0.05) is 81.8 Å². The average molecular weight is 931 g/mol. The van der Waals surface area contributed by atoms with E-state index in [1.165, 1.54) is 12.0 Å². The Hall–Kier alpha value is -5.79. The van der Waals surface area contributed by atoms with E-state index in [2.05, 4.69) is 25.3 Å². The van der Waals surface area contributed by atoms with E-state index in [1.807, 2.05) is 76.2 Å². The molecule has 4 aromatic carbocycles. The van der Waals surface area contributed by atoms with Crippen LogP contribution in [0.2, 0.25) is 20.1 Å². The number of aromatic nitrogens is 1. The first-order valence-electron chi connectivity index (χ1n) is 19.8. The Balaban J connectivity index is 0.000000215. The summed E-state index contributed by atoms with van der Waals surface area (Å²) in [5.41, 5.74) is 6.54. The van der Waals surface area contributed by atoms with Gasteiger partial charge in [0, 0.05) is 67.8 Å². The molecule has 2 N–H and O–H groups in total. The van der Waals surface area contributed by atoms with Crippen LogP contribution in [-0.4, -0.2) is 52.2 Å². The molecule has 0 radical (unpaired) electrons. The molecule has 0 spiro atoms. The molecule has 1 aromatic heterocycles. The molecule has 0 saturated heterocycles. The first-order valence-corrected chi connectivity index (χ1v) is 21.3. The molecule has 3 amide bonds. The van der Waals surface area contributed by atoms with Gasteiger partial charge < -0.3 is 14.4 Å². The maximum absolute atomic E-state index is 13.4. The number of rotatable bonds is 9. The Morgan fingerprint density at radius 1 is 0.746 bits per heavy atom. The summed E-state index contributed by atoms with van der Waals surface area (Å²) in [7, 11) is 1.32. The number of nitrogens with zero attached hydrogens (tertiary/aromatic N) is 4. The van der Waals surface area contributed by atoms with Crippen molar-refractivity contribution in [1.82, 2.24) is 15.2 Å². The Morgan fingerprint density at radius 3 is 1.67 bits per heavy atom. The van der Waals surface area contributed by atoms with Crippen molar-refractivity contribution >= 4 is 81.6 Å². The van der Waals surface area contributed by atoms with Gasteiger partial charge >= 0.3 is 0 Å². The summed E-state index contributed by atoms with van der Waals surface area (Å²) in [5, 5.41) is 20.5. The molecule has 0 fully saturated rings. The molecule has 5 aromatic rings. The van der Waals surface area contributed by atoms with Gasteiger partial charge in [-0.15, -0.1) is 0 Å². The second-order valence-corrected chi connectivity index (χ2v) is 17.1. The minimum absolute atomic E-state index is 0.120. The van der Waals surface area contributed by atoms with E-state index in [1.54, 1.807) is 55.6 Å². The minimum Gasteiger partial charge on any atom is -0.468 e.